The lowest BCUT2D eigenvalue weighted by atomic mass is 10.0. The lowest BCUT2D eigenvalue weighted by molar-refractivity contribution is 0.625. The largest absolute Gasteiger partial charge is 0.207 e. The molecule has 3 heteroatoms. The number of rotatable bonds is 1. The molecule has 0 fully saturated rings. The molecule has 0 N–H and O–H groups in total. The molecule has 78 valence electrons. The summed E-state index contributed by atoms with van der Waals surface area (Å²) in [7, 11) is 0. The number of hydrogen-bond acceptors (Lipinski definition) is 1. The van der Waals surface area contributed by atoms with E-state index in [-0.39, 0.29) is 5.82 Å². The first-order chi connectivity index (χ1) is 7.70. The van der Waals surface area contributed by atoms with E-state index in [0.29, 0.717) is 16.7 Å². The molecular formula is C13H7F2N. The molecule has 0 heterocycles. The maximum atomic E-state index is 13.5. The molecule has 16 heavy (non-hydrogen) atoms. The number of halogens is 2. The van der Waals surface area contributed by atoms with Crippen LogP contribution in [0.4, 0.5) is 8.78 Å². The molecule has 0 amide bonds. The van der Waals surface area contributed by atoms with Crippen molar-refractivity contribution in [3.63, 3.8) is 0 Å². The van der Waals surface area contributed by atoms with Crippen LogP contribution in [0.5, 0.6) is 0 Å². The van der Waals surface area contributed by atoms with Gasteiger partial charge in [-0.2, -0.15) is 5.26 Å². The summed E-state index contributed by atoms with van der Waals surface area (Å²) in [4.78, 5) is 0. The highest BCUT2D eigenvalue weighted by molar-refractivity contribution is 5.65. The molecule has 0 bridgehead atoms. The highest BCUT2D eigenvalue weighted by Crippen LogP contribution is 2.23. The second-order valence-electron chi connectivity index (χ2n) is 3.31. The predicted molar refractivity (Wildman–Crippen MR) is 56.5 cm³/mol. The lowest BCUT2D eigenvalue weighted by Crippen LogP contribution is -1.86. The minimum Gasteiger partial charge on any atom is -0.207 e. The summed E-state index contributed by atoms with van der Waals surface area (Å²) in [6.07, 6.45) is 0. The van der Waals surface area contributed by atoms with E-state index in [4.69, 9.17) is 5.26 Å². The fourth-order valence-electron chi connectivity index (χ4n) is 1.45. The van der Waals surface area contributed by atoms with Gasteiger partial charge in [0.25, 0.3) is 0 Å². The Morgan fingerprint density at radius 3 is 2.25 bits per heavy atom. The molecule has 0 saturated heterocycles. The normalized spacial score (nSPS) is 9.81. The van der Waals surface area contributed by atoms with E-state index in [9.17, 15) is 8.78 Å². The van der Waals surface area contributed by atoms with Crippen LogP contribution < -0.4 is 0 Å². The average Bonchev–Trinajstić information content (AvgIpc) is 2.31. The topological polar surface area (TPSA) is 23.8 Å². The second kappa shape index (κ2) is 4.11. The zero-order valence-corrected chi connectivity index (χ0v) is 8.24. The predicted octanol–water partition coefficient (Wildman–Crippen LogP) is 3.50. The Kier molecular flexibility index (Phi) is 2.65. The van der Waals surface area contributed by atoms with E-state index in [1.807, 2.05) is 6.07 Å². The molecule has 1 nitrogen and oxygen atoms in total. The van der Waals surface area contributed by atoms with Gasteiger partial charge in [-0.15, -0.1) is 0 Å². The molecule has 0 aliphatic carbocycles. The zero-order chi connectivity index (χ0) is 11.5. The van der Waals surface area contributed by atoms with Gasteiger partial charge in [0.2, 0.25) is 0 Å². The van der Waals surface area contributed by atoms with Crippen LogP contribution in [0.1, 0.15) is 5.56 Å². The minimum absolute atomic E-state index is 0.305. The summed E-state index contributed by atoms with van der Waals surface area (Å²) >= 11 is 0. The monoisotopic (exact) mass is 215 g/mol. The van der Waals surface area contributed by atoms with Crippen molar-refractivity contribution >= 4 is 0 Å². The maximum Gasteiger partial charge on any atom is 0.131 e. The first kappa shape index (κ1) is 10.3. The Balaban J connectivity index is 2.55. The van der Waals surface area contributed by atoms with Crippen LogP contribution >= 0.6 is 0 Å². The summed E-state index contributed by atoms with van der Waals surface area (Å²) in [5, 5.41) is 8.71. The van der Waals surface area contributed by atoms with E-state index < -0.39 is 5.82 Å². The van der Waals surface area contributed by atoms with E-state index in [1.54, 1.807) is 0 Å². The number of nitrogens with zero attached hydrogens (tertiary/aromatic N) is 1. The standard InChI is InChI=1S/C13H7F2N/c14-11-4-2-10(3-5-11)12-7-9(8-16)1-6-13(12)15/h1-7H. The van der Waals surface area contributed by atoms with Crippen molar-refractivity contribution in [1.29, 1.82) is 5.26 Å². The number of benzene rings is 2. The van der Waals surface area contributed by atoms with Gasteiger partial charge in [0.1, 0.15) is 11.6 Å². The molecule has 0 saturated carbocycles. The first-order valence-corrected chi connectivity index (χ1v) is 4.66. The van der Waals surface area contributed by atoms with Gasteiger partial charge in [-0.25, -0.2) is 8.78 Å². The van der Waals surface area contributed by atoms with Gasteiger partial charge in [-0.1, -0.05) is 12.1 Å². The molecule has 2 rings (SSSR count). The van der Waals surface area contributed by atoms with Crippen molar-refractivity contribution in [3.05, 3.63) is 59.7 Å². The third kappa shape index (κ3) is 1.91. The van der Waals surface area contributed by atoms with Crippen LogP contribution in [-0.4, -0.2) is 0 Å². The third-order valence-corrected chi connectivity index (χ3v) is 2.25. The third-order valence-electron chi connectivity index (χ3n) is 2.25. The Hall–Kier alpha value is -2.21. The SMILES string of the molecule is N#Cc1ccc(F)c(-c2ccc(F)cc2)c1. The van der Waals surface area contributed by atoms with Crippen LogP contribution in [0.2, 0.25) is 0 Å². The second-order valence-corrected chi connectivity index (χ2v) is 3.31. The van der Waals surface area contributed by atoms with E-state index >= 15 is 0 Å². The molecule has 0 atom stereocenters. The van der Waals surface area contributed by atoms with Gasteiger partial charge in [0.15, 0.2) is 0 Å². The lowest BCUT2D eigenvalue weighted by Gasteiger charge is -2.03. The van der Waals surface area contributed by atoms with Gasteiger partial charge in [0, 0.05) is 5.56 Å². The van der Waals surface area contributed by atoms with Crippen molar-refractivity contribution < 1.29 is 8.78 Å². The van der Waals surface area contributed by atoms with E-state index in [1.165, 1.54) is 42.5 Å². The smallest absolute Gasteiger partial charge is 0.131 e. The zero-order valence-electron chi connectivity index (χ0n) is 8.24. The molecule has 2 aromatic carbocycles. The minimum atomic E-state index is -0.425. The summed E-state index contributed by atoms with van der Waals surface area (Å²) in [6.45, 7) is 0. The summed E-state index contributed by atoms with van der Waals surface area (Å²) in [6, 6.07) is 11.5. The van der Waals surface area contributed by atoms with Crippen molar-refractivity contribution in [3.8, 4) is 17.2 Å². The van der Waals surface area contributed by atoms with Gasteiger partial charge >= 0.3 is 0 Å². The molecule has 0 aliphatic heterocycles. The molecule has 2 aromatic rings. The van der Waals surface area contributed by atoms with Gasteiger partial charge in [-0.3, -0.25) is 0 Å². The summed E-state index contributed by atoms with van der Waals surface area (Å²) in [5.41, 5.74) is 1.23. The van der Waals surface area contributed by atoms with Crippen LogP contribution in [-0.2, 0) is 0 Å². The van der Waals surface area contributed by atoms with Crippen LogP contribution in [0.15, 0.2) is 42.5 Å². The quantitative estimate of drug-likeness (QED) is 0.714. The molecular weight excluding hydrogens is 208 g/mol. The summed E-state index contributed by atoms with van der Waals surface area (Å²) < 4.78 is 26.2. The average molecular weight is 215 g/mol. The molecule has 0 aliphatic rings. The fraction of sp³-hybridized carbons (Fsp3) is 0. The first-order valence-electron chi connectivity index (χ1n) is 4.66. The molecule has 0 radical (unpaired) electrons. The highest BCUT2D eigenvalue weighted by Gasteiger charge is 2.06. The van der Waals surface area contributed by atoms with Crippen LogP contribution in [0.3, 0.4) is 0 Å². The van der Waals surface area contributed by atoms with Crippen LogP contribution in [0, 0.1) is 23.0 Å². The maximum absolute atomic E-state index is 13.5. The van der Waals surface area contributed by atoms with Gasteiger partial charge < -0.3 is 0 Å². The van der Waals surface area contributed by atoms with Gasteiger partial charge in [-0.05, 0) is 35.9 Å². The Bertz CT molecular complexity index is 553. The Morgan fingerprint density at radius 1 is 0.938 bits per heavy atom. The number of hydrogen-bond donors (Lipinski definition) is 0. The van der Waals surface area contributed by atoms with Crippen molar-refractivity contribution in [1.82, 2.24) is 0 Å². The van der Waals surface area contributed by atoms with Crippen LogP contribution in [0.25, 0.3) is 11.1 Å². The van der Waals surface area contributed by atoms with E-state index in [2.05, 4.69) is 0 Å². The summed E-state index contributed by atoms with van der Waals surface area (Å²) in [5.74, 6) is -0.800. The Morgan fingerprint density at radius 2 is 1.62 bits per heavy atom. The number of nitriles is 1. The fourth-order valence-corrected chi connectivity index (χ4v) is 1.45. The van der Waals surface area contributed by atoms with Crippen molar-refractivity contribution in [2.45, 2.75) is 0 Å². The molecule has 0 aromatic heterocycles. The van der Waals surface area contributed by atoms with Crippen molar-refractivity contribution in [2.75, 3.05) is 0 Å². The van der Waals surface area contributed by atoms with E-state index in [0.717, 1.165) is 0 Å². The highest BCUT2D eigenvalue weighted by atomic mass is 19.1. The molecule has 0 unspecified atom stereocenters. The van der Waals surface area contributed by atoms with Gasteiger partial charge in [0.05, 0.1) is 11.6 Å². The molecule has 0 spiro atoms. The van der Waals surface area contributed by atoms with Crippen molar-refractivity contribution in [2.24, 2.45) is 0 Å². The Labute approximate surface area is 91.6 Å².